The predicted molar refractivity (Wildman–Crippen MR) is 136 cm³/mol. The summed E-state index contributed by atoms with van der Waals surface area (Å²) in [6.07, 6.45) is 2.92. The van der Waals surface area contributed by atoms with Gasteiger partial charge >= 0.3 is 0 Å². The third-order valence-corrected chi connectivity index (χ3v) is 7.66. The number of hydrogen-bond donors (Lipinski definition) is 4. The lowest BCUT2D eigenvalue weighted by molar-refractivity contribution is -0.122. The van der Waals surface area contributed by atoms with Crippen LogP contribution in [0.25, 0.3) is 32.3 Å². The maximum atomic E-state index is 13.1. The van der Waals surface area contributed by atoms with Gasteiger partial charge in [-0.3, -0.25) is 14.9 Å². The third kappa shape index (κ3) is 3.61. The van der Waals surface area contributed by atoms with E-state index in [2.05, 4.69) is 15.6 Å². The van der Waals surface area contributed by atoms with E-state index < -0.39 is 17.4 Å². The van der Waals surface area contributed by atoms with E-state index in [1.165, 1.54) is 0 Å². The molecule has 2 aliphatic rings. The lowest BCUT2D eigenvalue weighted by Crippen LogP contribution is -2.49. The summed E-state index contributed by atoms with van der Waals surface area (Å²) in [5.41, 5.74) is 1.61. The Morgan fingerprint density at radius 3 is 2.66 bits per heavy atom. The number of aliphatic hydroxyl groups is 1. The maximum Gasteiger partial charge on any atom is 0.261 e. The molecular weight excluding hydrogens is 464 g/mol. The number of nitrogens with zero attached hydrogens (tertiary/aromatic N) is 3. The van der Waals surface area contributed by atoms with Crippen LogP contribution < -0.4 is 15.5 Å². The molecule has 3 aromatic heterocycles. The number of thiophene rings is 1. The van der Waals surface area contributed by atoms with E-state index in [0.717, 1.165) is 10.2 Å². The number of aromatic nitrogens is 3. The minimum Gasteiger partial charge on any atom is -0.388 e. The number of para-hydroxylation sites is 1. The van der Waals surface area contributed by atoms with Gasteiger partial charge in [0.1, 0.15) is 4.83 Å². The number of carbonyl (C=O) groups excluding carboxylic acids is 2. The van der Waals surface area contributed by atoms with Gasteiger partial charge < -0.3 is 20.3 Å². The Morgan fingerprint density at radius 2 is 1.86 bits per heavy atom. The van der Waals surface area contributed by atoms with Crippen LogP contribution >= 0.6 is 11.3 Å². The number of nitrogens with one attached hydrogen (secondary N) is 3. The number of benzene rings is 1. The van der Waals surface area contributed by atoms with Crippen molar-refractivity contribution in [2.45, 2.75) is 18.4 Å². The minimum atomic E-state index is -0.765. The Hall–Kier alpha value is -3.60. The number of hydrogen-bond acceptors (Lipinski definition) is 8. The summed E-state index contributed by atoms with van der Waals surface area (Å²) in [5, 5.41) is 19.9. The van der Waals surface area contributed by atoms with Crippen LogP contribution in [0.3, 0.4) is 0 Å². The highest BCUT2D eigenvalue weighted by Crippen LogP contribution is 2.38. The van der Waals surface area contributed by atoms with Crippen molar-refractivity contribution in [2.24, 2.45) is 0 Å². The van der Waals surface area contributed by atoms with E-state index >= 15 is 0 Å². The van der Waals surface area contributed by atoms with Gasteiger partial charge in [0.15, 0.2) is 0 Å². The molecule has 10 heteroatoms. The molecular formula is C25H24N6O3S. The van der Waals surface area contributed by atoms with Crippen molar-refractivity contribution in [2.75, 3.05) is 31.6 Å². The summed E-state index contributed by atoms with van der Waals surface area (Å²) in [7, 11) is 1.83. The molecule has 178 valence electrons. The van der Waals surface area contributed by atoms with E-state index in [9.17, 15) is 14.7 Å². The summed E-state index contributed by atoms with van der Waals surface area (Å²) in [6, 6.07) is 9.45. The number of amides is 2. The van der Waals surface area contributed by atoms with Gasteiger partial charge in [-0.05, 0) is 37.4 Å². The number of likely N-dealkylation sites (N-methyl/N-ethyl adjacent to an activating group) is 1. The van der Waals surface area contributed by atoms with Gasteiger partial charge in [0.2, 0.25) is 5.95 Å². The second-order valence-electron chi connectivity index (χ2n) is 9.03. The van der Waals surface area contributed by atoms with E-state index in [1.54, 1.807) is 17.5 Å². The number of piperidine rings is 1. The Kier molecular flexibility index (Phi) is 5.17. The molecule has 2 aliphatic heterocycles. The Labute approximate surface area is 204 Å². The number of imide groups is 1. The van der Waals surface area contributed by atoms with Crippen molar-refractivity contribution in [3.63, 3.8) is 0 Å². The lowest BCUT2D eigenvalue weighted by Gasteiger charge is -2.38. The first-order chi connectivity index (χ1) is 17.0. The van der Waals surface area contributed by atoms with E-state index in [1.807, 2.05) is 47.7 Å². The molecule has 0 unspecified atom stereocenters. The molecule has 0 saturated carbocycles. The third-order valence-electron chi connectivity index (χ3n) is 6.81. The molecule has 9 nitrogen and oxygen atoms in total. The molecule has 1 saturated heterocycles. The fourth-order valence-electron chi connectivity index (χ4n) is 5.02. The monoisotopic (exact) mass is 488 g/mol. The first-order valence-corrected chi connectivity index (χ1v) is 12.4. The van der Waals surface area contributed by atoms with Crippen molar-refractivity contribution in [1.29, 1.82) is 0 Å². The van der Waals surface area contributed by atoms with Crippen LogP contribution in [0.5, 0.6) is 0 Å². The first kappa shape index (κ1) is 21.9. The molecule has 0 bridgehead atoms. The number of anilines is 1. The minimum absolute atomic E-state index is 0.255. The number of carbonyl (C=O) groups is 2. The fourth-order valence-corrected chi connectivity index (χ4v) is 5.79. The number of aromatic amines is 1. The van der Waals surface area contributed by atoms with E-state index in [-0.39, 0.29) is 5.57 Å². The van der Waals surface area contributed by atoms with Crippen LogP contribution in [0.15, 0.2) is 41.9 Å². The van der Waals surface area contributed by atoms with E-state index in [4.69, 9.17) is 9.97 Å². The van der Waals surface area contributed by atoms with Gasteiger partial charge in [-0.2, -0.15) is 0 Å². The van der Waals surface area contributed by atoms with Crippen LogP contribution in [0.2, 0.25) is 0 Å². The quantitative estimate of drug-likeness (QED) is 0.318. The summed E-state index contributed by atoms with van der Waals surface area (Å²) in [6.45, 7) is 1.69. The largest absolute Gasteiger partial charge is 0.388 e. The molecule has 0 radical (unpaired) electrons. The van der Waals surface area contributed by atoms with Crippen molar-refractivity contribution in [1.82, 2.24) is 25.6 Å². The molecule has 35 heavy (non-hydrogen) atoms. The van der Waals surface area contributed by atoms with Crippen LogP contribution in [0.1, 0.15) is 24.1 Å². The van der Waals surface area contributed by atoms with Crippen molar-refractivity contribution < 1.29 is 14.7 Å². The SMILES string of the molecule is CNCC1(O)CCN(c2nc(C3=C(c4c[nH]c5sccc45)C(=O)NC3=O)c3ccccc3n2)CC1. The van der Waals surface area contributed by atoms with Gasteiger partial charge in [-0.1, -0.05) is 18.2 Å². The number of rotatable bonds is 5. The normalized spacial score (nSPS) is 18.2. The molecule has 0 spiro atoms. The zero-order valence-corrected chi connectivity index (χ0v) is 19.9. The summed E-state index contributed by atoms with van der Waals surface area (Å²) in [4.78, 5) is 41.9. The Bertz CT molecular complexity index is 1510. The Balaban J connectivity index is 1.51. The molecule has 4 aromatic rings. The number of H-pyrrole nitrogens is 1. The van der Waals surface area contributed by atoms with Crippen LogP contribution in [0, 0.1) is 0 Å². The van der Waals surface area contributed by atoms with Gasteiger partial charge in [0.25, 0.3) is 11.8 Å². The van der Waals surface area contributed by atoms with Crippen molar-refractivity contribution >= 4 is 61.4 Å². The average molecular weight is 489 g/mol. The molecule has 0 aliphatic carbocycles. The molecule has 4 N–H and O–H groups in total. The smallest absolute Gasteiger partial charge is 0.261 e. The highest BCUT2D eigenvalue weighted by molar-refractivity contribution is 7.16. The van der Waals surface area contributed by atoms with Crippen molar-refractivity contribution in [3.05, 3.63) is 53.2 Å². The van der Waals surface area contributed by atoms with Crippen LogP contribution in [-0.2, 0) is 9.59 Å². The molecule has 5 heterocycles. The topological polar surface area (TPSA) is 123 Å². The summed E-state index contributed by atoms with van der Waals surface area (Å²) in [5.74, 6) is -0.415. The summed E-state index contributed by atoms with van der Waals surface area (Å²) >= 11 is 1.54. The van der Waals surface area contributed by atoms with E-state index in [0.29, 0.717) is 66.2 Å². The summed E-state index contributed by atoms with van der Waals surface area (Å²) < 4.78 is 0. The van der Waals surface area contributed by atoms with Crippen molar-refractivity contribution in [3.8, 4) is 0 Å². The maximum absolute atomic E-state index is 13.1. The molecule has 0 atom stereocenters. The zero-order chi connectivity index (χ0) is 24.2. The standard InChI is InChI=1S/C25H24N6O3S/c1-26-13-25(34)7-9-31(10-8-25)24-28-17-5-3-2-4-15(17)20(29-24)19-18(21(32)30-22(19)33)16-12-27-23-14(16)6-11-35-23/h2-6,11-12,26-27,34H,7-10,13H2,1H3,(H,30,32,33). The highest BCUT2D eigenvalue weighted by atomic mass is 32.1. The Morgan fingerprint density at radius 1 is 1.09 bits per heavy atom. The predicted octanol–water partition coefficient (Wildman–Crippen LogP) is 2.29. The molecule has 1 fully saturated rings. The van der Waals surface area contributed by atoms with Crippen LogP contribution in [0.4, 0.5) is 5.95 Å². The molecule has 1 aromatic carbocycles. The first-order valence-electron chi connectivity index (χ1n) is 11.5. The second kappa shape index (κ2) is 8.26. The highest BCUT2D eigenvalue weighted by Gasteiger charge is 2.37. The fraction of sp³-hybridized carbons (Fsp3) is 0.280. The lowest BCUT2D eigenvalue weighted by atomic mass is 9.91. The average Bonchev–Trinajstić information content (AvgIpc) is 3.53. The van der Waals surface area contributed by atoms with Crippen LogP contribution in [-0.4, -0.2) is 64.2 Å². The van der Waals surface area contributed by atoms with Gasteiger partial charge in [-0.25, -0.2) is 9.97 Å². The zero-order valence-electron chi connectivity index (χ0n) is 19.1. The molecule has 6 rings (SSSR count). The molecule has 2 amide bonds. The van der Waals surface area contributed by atoms with Gasteiger partial charge in [0, 0.05) is 42.2 Å². The number of fused-ring (bicyclic) bond motifs is 2. The van der Waals surface area contributed by atoms with Gasteiger partial charge in [0.05, 0.1) is 28.0 Å². The van der Waals surface area contributed by atoms with Gasteiger partial charge in [-0.15, -0.1) is 11.3 Å². The second-order valence-corrected chi connectivity index (χ2v) is 9.95.